The molecule has 12 N–H and O–H groups in total. The number of aliphatic hydroxyl groups is 4. The molecule has 0 aromatic heterocycles. The van der Waals surface area contributed by atoms with Gasteiger partial charge in [0.25, 0.3) is 5.91 Å². The van der Waals surface area contributed by atoms with Crippen molar-refractivity contribution in [3.8, 4) is 0 Å². The zero-order valence-electron chi connectivity index (χ0n) is 38.5. The Hall–Kier alpha value is -1.42. The van der Waals surface area contributed by atoms with Crippen molar-refractivity contribution in [2.75, 3.05) is 26.2 Å². The number of hydrogen-bond donors (Lipinski definition) is 10. The Balaban J connectivity index is 1.82. The Morgan fingerprint density at radius 1 is 0.500 bits per heavy atom. The molecule has 13 nitrogen and oxygen atoms in total. The fourth-order valence-corrected chi connectivity index (χ4v) is 8.13. The number of aliphatic hydroxyl groups excluding tert-OH is 4. The van der Waals surface area contributed by atoms with E-state index in [1.807, 2.05) is 0 Å². The summed E-state index contributed by atoms with van der Waals surface area (Å²) in [4.78, 5) is 24.5. The zero-order valence-corrected chi connectivity index (χ0v) is 38.5. The molecule has 0 spiro atoms. The molecule has 1 saturated heterocycles. The Bertz CT molecular complexity index is 984. The number of rotatable bonds is 42. The summed E-state index contributed by atoms with van der Waals surface area (Å²) in [6, 6.07) is 0. The molecule has 0 bridgehead atoms. The molecule has 1 heterocycles. The number of hydrogen-bond acceptors (Lipinski definition) is 11. The van der Waals surface area contributed by atoms with Crippen molar-refractivity contribution < 1.29 is 34.8 Å². The Morgan fingerprint density at radius 3 is 1.32 bits per heavy atom. The lowest BCUT2D eigenvalue weighted by molar-refractivity contribution is -0.275. The second-order valence-corrected chi connectivity index (χ2v) is 17.9. The maximum Gasteiger partial charge on any atom is 0.252 e. The second kappa shape index (κ2) is 39.2. The normalized spacial score (nSPS) is 20.8. The van der Waals surface area contributed by atoms with E-state index in [1.54, 1.807) is 0 Å². The van der Waals surface area contributed by atoms with E-state index in [4.69, 9.17) is 16.2 Å². The number of carbonyl (C=O) groups is 2. The van der Waals surface area contributed by atoms with E-state index in [9.17, 15) is 30.0 Å². The van der Waals surface area contributed by atoms with E-state index >= 15 is 0 Å². The van der Waals surface area contributed by atoms with Crippen LogP contribution in [0.5, 0.6) is 0 Å². The molecule has 0 aromatic carbocycles. The number of ether oxygens (including phenoxy) is 1. The highest BCUT2D eigenvalue weighted by Crippen LogP contribution is 2.20. The van der Waals surface area contributed by atoms with Crippen molar-refractivity contribution in [2.24, 2.45) is 17.4 Å². The van der Waals surface area contributed by atoms with Gasteiger partial charge < -0.3 is 57.9 Å². The van der Waals surface area contributed by atoms with Crippen LogP contribution in [0.15, 0.2) is 0 Å². The minimum Gasteiger partial charge on any atom is -0.387 e. The van der Waals surface area contributed by atoms with Crippen LogP contribution in [0.25, 0.3) is 0 Å². The van der Waals surface area contributed by atoms with Gasteiger partial charge in [-0.2, -0.15) is 0 Å². The van der Waals surface area contributed by atoms with Crippen LogP contribution in [-0.4, -0.2) is 101 Å². The summed E-state index contributed by atoms with van der Waals surface area (Å²) in [6.07, 6.45) is 29.0. The van der Waals surface area contributed by atoms with Gasteiger partial charge in [-0.3, -0.25) is 9.59 Å². The van der Waals surface area contributed by atoms with Crippen molar-refractivity contribution in [1.82, 2.24) is 21.3 Å². The average Bonchev–Trinajstić information content (AvgIpc) is 3.23. The van der Waals surface area contributed by atoms with Crippen LogP contribution in [0.4, 0.5) is 0 Å². The molecular formula is C47H96N6O7. The van der Waals surface area contributed by atoms with Gasteiger partial charge in [0.2, 0.25) is 5.91 Å². The van der Waals surface area contributed by atoms with Gasteiger partial charge in [0.15, 0.2) is 12.4 Å². The molecule has 13 heteroatoms. The maximum absolute atomic E-state index is 12.3. The summed E-state index contributed by atoms with van der Waals surface area (Å²) in [5.41, 5.74) is 12.4. The smallest absolute Gasteiger partial charge is 0.252 e. The van der Waals surface area contributed by atoms with Crippen molar-refractivity contribution in [2.45, 2.75) is 256 Å². The molecule has 1 aliphatic heterocycles. The maximum atomic E-state index is 12.3. The summed E-state index contributed by atoms with van der Waals surface area (Å²) in [5.74, 6) is 0.153. The predicted molar refractivity (Wildman–Crippen MR) is 245 cm³/mol. The van der Waals surface area contributed by atoms with Crippen LogP contribution in [0, 0.1) is 5.92 Å². The van der Waals surface area contributed by atoms with Gasteiger partial charge in [-0.25, -0.2) is 0 Å². The molecule has 2 amide bonds. The van der Waals surface area contributed by atoms with Crippen LogP contribution >= 0.6 is 0 Å². The molecule has 1 rings (SSSR count). The number of amides is 2. The Labute approximate surface area is 366 Å². The fraction of sp³-hybridized carbons (Fsp3) is 0.957. The highest BCUT2D eigenvalue weighted by atomic mass is 16.6. The highest BCUT2D eigenvalue weighted by molar-refractivity contribution is 5.81. The van der Waals surface area contributed by atoms with Gasteiger partial charge in [0.1, 0.15) is 18.3 Å². The van der Waals surface area contributed by atoms with Gasteiger partial charge in [0, 0.05) is 32.6 Å². The third kappa shape index (κ3) is 30.6. The first-order valence-corrected chi connectivity index (χ1v) is 25.0. The highest BCUT2D eigenvalue weighted by Gasteiger charge is 2.46. The van der Waals surface area contributed by atoms with E-state index in [0.717, 1.165) is 96.7 Å². The number of unbranched alkanes of at least 4 members (excludes halogenated alkanes) is 23. The predicted octanol–water partition coefficient (Wildman–Crippen LogP) is 6.52. The molecule has 1 fully saturated rings. The monoisotopic (exact) mass is 857 g/mol. The average molecular weight is 857 g/mol. The Kier molecular flexibility index (Phi) is 37.0. The van der Waals surface area contributed by atoms with Crippen LogP contribution in [0.2, 0.25) is 0 Å². The van der Waals surface area contributed by atoms with E-state index < -0.39 is 36.6 Å². The quantitative estimate of drug-likeness (QED) is 0.0235. The summed E-state index contributed by atoms with van der Waals surface area (Å²) < 4.78 is 4.95. The number of carbonyl (C=O) groups excluding carboxylic acids is 2. The van der Waals surface area contributed by atoms with Gasteiger partial charge in [0.05, 0.1) is 12.3 Å². The molecule has 1 aliphatic rings. The second-order valence-electron chi connectivity index (χ2n) is 17.9. The van der Waals surface area contributed by atoms with Crippen molar-refractivity contribution in [3.63, 3.8) is 0 Å². The van der Waals surface area contributed by atoms with Crippen LogP contribution < -0.4 is 32.7 Å². The molecule has 356 valence electrons. The number of nitrogens with two attached hydrogens (primary N) is 2. The van der Waals surface area contributed by atoms with Crippen LogP contribution in [0.3, 0.4) is 0 Å². The van der Waals surface area contributed by atoms with Crippen molar-refractivity contribution in [3.05, 3.63) is 0 Å². The molecule has 7 unspecified atom stereocenters. The third-order valence-corrected chi connectivity index (χ3v) is 12.1. The summed E-state index contributed by atoms with van der Waals surface area (Å²) in [7, 11) is 0. The van der Waals surface area contributed by atoms with E-state index in [-0.39, 0.29) is 18.2 Å². The lowest BCUT2D eigenvalue weighted by atomic mass is 9.98. The molecule has 0 aliphatic carbocycles. The first-order chi connectivity index (χ1) is 29.1. The van der Waals surface area contributed by atoms with Crippen LogP contribution in [-0.2, 0) is 14.3 Å². The molecule has 0 saturated carbocycles. The van der Waals surface area contributed by atoms with E-state index in [1.165, 1.54) is 116 Å². The summed E-state index contributed by atoms with van der Waals surface area (Å²) in [6.45, 7) is 7.43. The van der Waals surface area contributed by atoms with Gasteiger partial charge in [-0.15, -0.1) is 0 Å². The lowest BCUT2D eigenvalue weighted by Gasteiger charge is -2.37. The number of nitrogens with one attached hydrogen (secondary N) is 4. The zero-order chi connectivity index (χ0) is 44.1. The van der Waals surface area contributed by atoms with Crippen molar-refractivity contribution >= 4 is 11.8 Å². The van der Waals surface area contributed by atoms with Gasteiger partial charge in [-0.05, 0) is 44.4 Å². The van der Waals surface area contributed by atoms with E-state index in [2.05, 4.69) is 35.1 Å². The Morgan fingerprint density at radius 2 is 0.883 bits per heavy atom. The minimum atomic E-state index is -1.71. The lowest BCUT2D eigenvalue weighted by Crippen LogP contribution is -2.61. The molecule has 0 aromatic rings. The molecular weight excluding hydrogens is 761 g/mol. The van der Waals surface area contributed by atoms with Crippen LogP contribution in [0.1, 0.15) is 213 Å². The molecule has 0 radical (unpaired) electrons. The minimum absolute atomic E-state index is 0.0698. The molecule has 60 heavy (non-hydrogen) atoms. The first kappa shape index (κ1) is 56.6. The topological polar surface area (TPSA) is 224 Å². The largest absolute Gasteiger partial charge is 0.387 e. The van der Waals surface area contributed by atoms with Gasteiger partial charge >= 0.3 is 0 Å². The van der Waals surface area contributed by atoms with Crippen molar-refractivity contribution in [1.29, 1.82) is 0 Å². The third-order valence-electron chi connectivity index (χ3n) is 12.1. The first-order valence-electron chi connectivity index (χ1n) is 25.0. The SMILES string of the molecule is CCCC(N)NCC(CCCCCCNC(=O)CCCCCCCCCCCCCCCCCCCCCCCNC(=O)C1OC(O)C(O)C(O)C1O)CNC(N)CCC. The van der Waals surface area contributed by atoms with Gasteiger partial charge in [-0.1, -0.05) is 168 Å². The summed E-state index contributed by atoms with van der Waals surface area (Å²) in [5, 5.41) is 51.6. The standard InChI is InChI=1S/C47H96N6O7/c1-3-30-39(48)52-36-38(37-53-40(49)31-4-2)32-26-23-25-28-34-50-41(54)33-27-22-20-18-16-14-12-10-8-6-5-7-9-11-13-15-17-19-21-24-29-35-51-46(58)45-43(56)42(55)44(57)47(59)60-45/h38-40,42-45,47,52-53,55-57,59H,3-37,48-49H2,1-2H3,(H,50,54)(H,51,58). The van der Waals surface area contributed by atoms with E-state index in [0.29, 0.717) is 18.9 Å². The summed E-state index contributed by atoms with van der Waals surface area (Å²) >= 11 is 0. The fourth-order valence-electron chi connectivity index (χ4n) is 8.13. The molecule has 7 atom stereocenters.